The summed E-state index contributed by atoms with van der Waals surface area (Å²) in [6.07, 6.45) is 6.25. The number of ether oxygens (including phenoxy) is 1. The molecule has 0 aliphatic rings. The highest BCUT2D eigenvalue weighted by Gasteiger charge is 2.13. The molecule has 0 saturated carbocycles. The Morgan fingerprint density at radius 3 is 2.52 bits per heavy atom. The summed E-state index contributed by atoms with van der Waals surface area (Å²) in [4.78, 5) is 23.6. The van der Waals surface area contributed by atoms with Crippen molar-refractivity contribution in [3.8, 4) is 0 Å². The van der Waals surface area contributed by atoms with Gasteiger partial charge in [0.2, 0.25) is 0 Å². The van der Waals surface area contributed by atoms with E-state index in [-0.39, 0.29) is 5.43 Å². The predicted molar refractivity (Wildman–Crippen MR) is 91.1 cm³/mol. The van der Waals surface area contributed by atoms with Gasteiger partial charge < -0.3 is 9.30 Å². The average Bonchev–Trinajstić information content (AvgIpc) is 2.47. The topological polar surface area (TPSA) is 48.3 Å². The number of aromatic nitrogens is 1. The largest absolute Gasteiger partial charge is 0.457 e. The number of rotatable bonds is 4. The van der Waals surface area contributed by atoms with Crippen molar-refractivity contribution in [2.45, 2.75) is 32.9 Å². The summed E-state index contributed by atoms with van der Waals surface area (Å²) in [7, 11) is 0. The second kappa shape index (κ2) is 7.09. The molecular formula is C19H21NO3. The van der Waals surface area contributed by atoms with Crippen LogP contribution in [0.4, 0.5) is 0 Å². The molecule has 0 aliphatic carbocycles. The molecule has 0 bridgehead atoms. The Morgan fingerprint density at radius 1 is 1.17 bits per heavy atom. The van der Waals surface area contributed by atoms with Gasteiger partial charge in [0.1, 0.15) is 5.60 Å². The Hall–Kier alpha value is -2.62. The summed E-state index contributed by atoms with van der Waals surface area (Å²) in [5.74, 6) is -0.463. The van der Waals surface area contributed by atoms with Crippen molar-refractivity contribution < 1.29 is 9.53 Å². The van der Waals surface area contributed by atoms with Gasteiger partial charge in [0.05, 0.1) is 0 Å². The van der Waals surface area contributed by atoms with E-state index in [2.05, 4.69) is 0 Å². The van der Waals surface area contributed by atoms with E-state index in [9.17, 15) is 9.59 Å². The summed E-state index contributed by atoms with van der Waals surface area (Å²) in [5, 5.41) is 0. The van der Waals surface area contributed by atoms with E-state index < -0.39 is 11.6 Å². The molecule has 2 rings (SSSR count). The van der Waals surface area contributed by atoms with Gasteiger partial charge in [-0.05, 0) is 32.4 Å². The van der Waals surface area contributed by atoms with Crippen molar-refractivity contribution >= 4 is 12.0 Å². The minimum absolute atomic E-state index is 0.130. The van der Waals surface area contributed by atoms with Crippen molar-refractivity contribution in [2.24, 2.45) is 0 Å². The quantitative estimate of drug-likeness (QED) is 0.643. The van der Waals surface area contributed by atoms with E-state index in [1.165, 1.54) is 18.2 Å². The van der Waals surface area contributed by atoms with Gasteiger partial charge in [-0.2, -0.15) is 0 Å². The number of carbonyl (C=O) groups is 1. The fraction of sp³-hybridized carbons (Fsp3) is 0.263. The Kier molecular flexibility index (Phi) is 5.16. The average molecular weight is 311 g/mol. The first kappa shape index (κ1) is 16.7. The summed E-state index contributed by atoms with van der Waals surface area (Å²) in [6, 6.07) is 11.5. The molecule has 0 atom stereocenters. The molecule has 0 amide bonds. The normalized spacial score (nSPS) is 11.6. The molecule has 0 spiro atoms. The highest BCUT2D eigenvalue weighted by atomic mass is 16.6. The fourth-order valence-corrected chi connectivity index (χ4v) is 2.06. The first-order valence-corrected chi connectivity index (χ1v) is 7.48. The second-order valence-corrected chi connectivity index (χ2v) is 6.29. The number of hydrogen-bond acceptors (Lipinski definition) is 3. The number of carbonyl (C=O) groups excluding carboxylic acids is 1. The molecule has 0 saturated heterocycles. The van der Waals surface area contributed by atoms with Crippen molar-refractivity contribution in [3.63, 3.8) is 0 Å². The monoisotopic (exact) mass is 311 g/mol. The van der Waals surface area contributed by atoms with Crippen LogP contribution >= 0.6 is 0 Å². The molecule has 2 aromatic rings. The van der Waals surface area contributed by atoms with Crippen molar-refractivity contribution in [1.82, 2.24) is 4.57 Å². The fourth-order valence-electron chi connectivity index (χ4n) is 2.06. The van der Waals surface area contributed by atoms with Gasteiger partial charge in [0.15, 0.2) is 5.43 Å². The Labute approximate surface area is 136 Å². The molecule has 1 aromatic heterocycles. The third-order valence-corrected chi connectivity index (χ3v) is 3.02. The molecule has 4 nitrogen and oxygen atoms in total. The minimum Gasteiger partial charge on any atom is -0.457 e. The van der Waals surface area contributed by atoms with Gasteiger partial charge in [-0.15, -0.1) is 0 Å². The van der Waals surface area contributed by atoms with Crippen LogP contribution in [0.25, 0.3) is 6.08 Å². The molecule has 0 unspecified atom stereocenters. The molecule has 1 aromatic carbocycles. The van der Waals surface area contributed by atoms with Crippen LogP contribution in [0, 0.1) is 0 Å². The number of nitrogens with zero attached hydrogens (tertiary/aromatic N) is 1. The van der Waals surface area contributed by atoms with E-state index in [4.69, 9.17) is 4.74 Å². The van der Waals surface area contributed by atoms with E-state index in [0.717, 1.165) is 5.56 Å². The zero-order chi connectivity index (χ0) is 16.9. The minimum atomic E-state index is -0.550. The van der Waals surface area contributed by atoms with E-state index in [1.54, 1.807) is 33.2 Å². The smallest absolute Gasteiger partial charge is 0.331 e. The molecule has 0 aliphatic heterocycles. The van der Waals surface area contributed by atoms with Gasteiger partial charge in [-0.1, -0.05) is 30.3 Å². The lowest BCUT2D eigenvalue weighted by Gasteiger charge is -2.17. The molecule has 0 fully saturated rings. The maximum Gasteiger partial charge on any atom is 0.331 e. The molecule has 0 N–H and O–H groups in total. The van der Waals surface area contributed by atoms with Crippen LogP contribution < -0.4 is 5.43 Å². The third kappa shape index (κ3) is 5.58. The van der Waals surface area contributed by atoms with E-state index in [1.807, 2.05) is 34.9 Å². The standard InChI is InChI=1S/C19H21NO3/c1-19(2,3)23-18(22)10-9-16-14-20(12-11-17(16)21)13-15-7-5-4-6-8-15/h4-12,14H,13H2,1-3H3/b10-9+. The molecule has 1 heterocycles. The van der Waals surface area contributed by atoms with Crippen LogP contribution in [0.2, 0.25) is 0 Å². The third-order valence-electron chi connectivity index (χ3n) is 3.02. The Bertz CT molecular complexity index is 752. The first-order valence-electron chi connectivity index (χ1n) is 7.48. The summed E-state index contributed by atoms with van der Waals surface area (Å²) >= 11 is 0. The van der Waals surface area contributed by atoms with Crippen LogP contribution in [0.1, 0.15) is 31.9 Å². The summed E-state index contributed by atoms with van der Waals surface area (Å²) in [6.45, 7) is 6.06. The Morgan fingerprint density at radius 2 is 1.87 bits per heavy atom. The lowest BCUT2D eigenvalue weighted by Crippen LogP contribution is -2.22. The van der Waals surface area contributed by atoms with Gasteiger partial charge in [0.25, 0.3) is 0 Å². The van der Waals surface area contributed by atoms with Gasteiger partial charge >= 0.3 is 5.97 Å². The Balaban J connectivity index is 2.15. The van der Waals surface area contributed by atoms with Gasteiger partial charge in [-0.3, -0.25) is 4.79 Å². The lowest BCUT2D eigenvalue weighted by molar-refractivity contribution is -0.148. The van der Waals surface area contributed by atoms with Crippen molar-refractivity contribution in [1.29, 1.82) is 0 Å². The van der Waals surface area contributed by atoms with Gasteiger partial charge in [-0.25, -0.2) is 4.79 Å². The maximum absolute atomic E-state index is 11.9. The number of benzene rings is 1. The number of hydrogen-bond donors (Lipinski definition) is 0. The maximum atomic E-state index is 11.9. The number of esters is 1. The molecule has 4 heteroatoms. The highest BCUT2D eigenvalue weighted by molar-refractivity contribution is 5.87. The van der Waals surface area contributed by atoms with Crippen LogP contribution in [0.15, 0.2) is 59.7 Å². The lowest BCUT2D eigenvalue weighted by atomic mass is 10.2. The molecule has 0 radical (unpaired) electrons. The van der Waals surface area contributed by atoms with E-state index in [0.29, 0.717) is 12.1 Å². The number of pyridine rings is 1. The predicted octanol–water partition coefficient (Wildman–Crippen LogP) is 3.25. The SMILES string of the molecule is CC(C)(C)OC(=O)/C=C/c1cn(Cc2ccccc2)ccc1=O. The van der Waals surface area contributed by atoms with Crippen LogP contribution in [-0.4, -0.2) is 16.1 Å². The van der Waals surface area contributed by atoms with Crippen molar-refractivity contribution in [2.75, 3.05) is 0 Å². The van der Waals surface area contributed by atoms with Crippen LogP contribution in [-0.2, 0) is 16.1 Å². The molecule has 120 valence electrons. The highest BCUT2D eigenvalue weighted by Crippen LogP contribution is 2.08. The van der Waals surface area contributed by atoms with Crippen LogP contribution in [0.5, 0.6) is 0 Å². The summed E-state index contributed by atoms with van der Waals surface area (Å²) in [5.41, 5.74) is 0.910. The van der Waals surface area contributed by atoms with E-state index >= 15 is 0 Å². The van der Waals surface area contributed by atoms with Gasteiger partial charge in [0, 0.05) is 36.6 Å². The second-order valence-electron chi connectivity index (χ2n) is 6.29. The van der Waals surface area contributed by atoms with Crippen LogP contribution in [0.3, 0.4) is 0 Å². The zero-order valence-corrected chi connectivity index (χ0v) is 13.7. The summed E-state index contributed by atoms with van der Waals surface area (Å²) < 4.78 is 7.10. The zero-order valence-electron chi connectivity index (χ0n) is 13.7. The molecular weight excluding hydrogens is 290 g/mol. The first-order chi connectivity index (χ1) is 10.8. The molecule has 23 heavy (non-hydrogen) atoms. The van der Waals surface area contributed by atoms with Crippen molar-refractivity contribution in [3.05, 3.63) is 76.2 Å².